The van der Waals surface area contributed by atoms with Crippen molar-refractivity contribution in [3.8, 4) is 5.75 Å². The third kappa shape index (κ3) is 6.23. The largest absolute Gasteiger partial charge is 0.598 e. The molecule has 2 unspecified atom stereocenters. The van der Waals surface area contributed by atoms with Gasteiger partial charge in [0.25, 0.3) is 0 Å². The highest BCUT2D eigenvalue weighted by molar-refractivity contribution is 7.90. The predicted octanol–water partition coefficient (Wildman–Crippen LogP) is 4.95. The molecule has 1 N–H and O–H groups in total. The highest BCUT2D eigenvalue weighted by Crippen LogP contribution is 2.37. The summed E-state index contributed by atoms with van der Waals surface area (Å²) in [6.45, 7) is 16.9. The van der Waals surface area contributed by atoms with Gasteiger partial charge < -0.3 is 13.7 Å². The number of hydrogen-bond acceptors (Lipinski definition) is 4. The van der Waals surface area contributed by atoms with E-state index in [-0.39, 0.29) is 16.8 Å². The van der Waals surface area contributed by atoms with Gasteiger partial charge in [-0.2, -0.15) is 0 Å². The lowest BCUT2D eigenvalue weighted by atomic mass is 10.1. The van der Waals surface area contributed by atoms with Gasteiger partial charge in [-0.15, -0.1) is 4.72 Å². The van der Waals surface area contributed by atoms with E-state index in [9.17, 15) is 8.94 Å². The maximum atomic E-state index is 14.2. The summed E-state index contributed by atoms with van der Waals surface area (Å²) in [5, 5.41) is 0.0614. The second kappa shape index (κ2) is 8.60. The molecular weight excluding hydrogens is 369 g/mol. The summed E-state index contributed by atoms with van der Waals surface area (Å²) in [4.78, 5) is 0. The molecule has 0 radical (unpaired) electrons. The van der Waals surface area contributed by atoms with Crippen LogP contribution in [-0.4, -0.2) is 31.3 Å². The standard InChI is InChI=1S/C19H34FNO3SSi/c1-18(2,3)25(22)21-16(13-24-26(8,9)19(4,5)6)14-10-11-17(23-7)15(20)12-14/h10-12,16,21H,13H2,1-9H3. The third-order valence-corrected chi connectivity index (χ3v) is 10.9. The van der Waals surface area contributed by atoms with E-state index in [0.717, 1.165) is 0 Å². The first kappa shape index (κ1) is 23.4. The molecule has 4 nitrogen and oxygen atoms in total. The molecule has 150 valence electrons. The maximum absolute atomic E-state index is 14.2. The second-order valence-electron chi connectivity index (χ2n) is 9.02. The minimum absolute atomic E-state index is 0.0614. The lowest BCUT2D eigenvalue weighted by molar-refractivity contribution is 0.255. The van der Waals surface area contributed by atoms with Gasteiger partial charge in [0.15, 0.2) is 19.9 Å². The highest BCUT2D eigenvalue weighted by Gasteiger charge is 2.38. The van der Waals surface area contributed by atoms with Gasteiger partial charge in [-0.3, -0.25) is 0 Å². The second-order valence-corrected chi connectivity index (χ2v) is 15.8. The lowest BCUT2D eigenvalue weighted by Gasteiger charge is -2.37. The molecular formula is C19H34FNO3SSi. The van der Waals surface area contributed by atoms with E-state index in [0.29, 0.717) is 12.2 Å². The van der Waals surface area contributed by atoms with E-state index >= 15 is 0 Å². The smallest absolute Gasteiger partial charge is 0.192 e. The Labute approximate surface area is 162 Å². The molecule has 1 rings (SSSR count). The van der Waals surface area contributed by atoms with Gasteiger partial charge in [-0.05, 0) is 56.6 Å². The van der Waals surface area contributed by atoms with Gasteiger partial charge in [-0.1, -0.05) is 26.8 Å². The molecule has 0 saturated heterocycles. The van der Waals surface area contributed by atoms with Crippen LogP contribution in [0.2, 0.25) is 18.1 Å². The highest BCUT2D eigenvalue weighted by atomic mass is 32.2. The molecule has 1 aromatic carbocycles. The van der Waals surface area contributed by atoms with E-state index in [1.54, 1.807) is 12.1 Å². The summed E-state index contributed by atoms with van der Waals surface area (Å²) in [5.41, 5.74) is 0.694. The van der Waals surface area contributed by atoms with Crippen molar-refractivity contribution in [1.82, 2.24) is 4.72 Å². The van der Waals surface area contributed by atoms with Gasteiger partial charge in [0, 0.05) is 11.4 Å². The van der Waals surface area contributed by atoms with Gasteiger partial charge in [0.05, 0.1) is 19.8 Å². The Bertz CT molecular complexity index is 599. The molecule has 0 aliphatic carbocycles. The first-order valence-electron chi connectivity index (χ1n) is 8.84. The van der Waals surface area contributed by atoms with Crippen LogP contribution in [0.5, 0.6) is 5.75 Å². The summed E-state index contributed by atoms with van der Waals surface area (Å²) in [6, 6.07) is 4.43. The predicted molar refractivity (Wildman–Crippen MR) is 110 cm³/mol. The zero-order chi connectivity index (χ0) is 20.3. The van der Waals surface area contributed by atoms with Crippen molar-refractivity contribution >= 4 is 19.7 Å². The van der Waals surface area contributed by atoms with E-state index in [1.807, 2.05) is 20.8 Å². The molecule has 0 spiro atoms. The fourth-order valence-corrected chi connectivity index (χ4v) is 3.74. The van der Waals surface area contributed by atoms with Crippen LogP contribution >= 0.6 is 0 Å². The Morgan fingerprint density at radius 1 is 1.19 bits per heavy atom. The van der Waals surface area contributed by atoms with Crippen LogP contribution < -0.4 is 9.46 Å². The Morgan fingerprint density at radius 3 is 2.19 bits per heavy atom. The van der Waals surface area contributed by atoms with E-state index in [1.165, 1.54) is 13.2 Å². The van der Waals surface area contributed by atoms with Crippen molar-refractivity contribution in [3.05, 3.63) is 29.6 Å². The molecule has 0 saturated carbocycles. The van der Waals surface area contributed by atoms with Crippen molar-refractivity contribution in [2.45, 2.75) is 70.5 Å². The van der Waals surface area contributed by atoms with Crippen LogP contribution in [0.15, 0.2) is 18.2 Å². The normalized spacial score (nSPS) is 15.7. The Morgan fingerprint density at radius 2 is 1.77 bits per heavy atom. The van der Waals surface area contributed by atoms with Gasteiger partial charge >= 0.3 is 0 Å². The van der Waals surface area contributed by atoms with E-state index in [2.05, 4.69) is 38.6 Å². The molecule has 0 amide bonds. The van der Waals surface area contributed by atoms with Crippen molar-refractivity contribution in [2.24, 2.45) is 0 Å². The Kier molecular flexibility index (Phi) is 7.76. The zero-order valence-electron chi connectivity index (χ0n) is 17.5. The number of nitrogens with one attached hydrogen (secondary N) is 1. The quantitative estimate of drug-likeness (QED) is 0.517. The fraction of sp³-hybridized carbons (Fsp3) is 0.684. The first-order valence-corrected chi connectivity index (χ1v) is 12.9. The third-order valence-electron chi connectivity index (χ3n) is 4.80. The minimum Gasteiger partial charge on any atom is -0.598 e. The molecule has 2 atom stereocenters. The number of halogens is 1. The van der Waals surface area contributed by atoms with Crippen molar-refractivity contribution in [3.63, 3.8) is 0 Å². The van der Waals surface area contributed by atoms with E-state index in [4.69, 9.17) is 9.16 Å². The number of hydrogen-bond donors (Lipinski definition) is 1. The summed E-state index contributed by atoms with van der Waals surface area (Å²) >= 11 is -1.30. The van der Waals surface area contributed by atoms with Crippen molar-refractivity contribution in [2.75, 3.05) is 13.7 Å². The van der Waals surface area contributed by atoms with Crippen molar-refractivity contribution in [1.29, 1.82) is 0 Å². The van der Waals surface area contributed by atoms with Crippen LogP contribution in [0.1, 0.15) is 53.1 Å². The summed E-state index contributed by atoms with van der Waals surface area (Å²) in [5.74, 6) is -0.250. The molecule has 0 heterocycles. The van der Waals surface area contributed by atoms with Crippen LogP contribution in [-0.2, 0) is 15.8 Å². The molecule has 26 heavy (non-hydrogen) atoms. The van der Waals surface area contributed by atoms with Crippen molar-refractivity contribution < 1.29 is 18.1 Å². The van der Waals surface area contributed by atoms with Crippen LogP contribution in [0.3, 0.4) is 0 Å². The molecule has 0 aliphatic heterocycles. The zero-order valence-corrected chi connectivity index (χ0v) is 19.3. The Hall–Kier alpha value is -0.603. The molecule has 0 fully saturated rings. The number of methoxy groups -OCH3 is 1. The minimum atomic E-state index is -1.99. The summed E-state index contributed by atoms with van der Waals surface area (Å²) in [6.07, 6.45) is 0. The van der Waals surface area contributed by atoms with Gasteiger partial charge in [0.2, 0.25) is 0 Å². The molecule has 0 bridgehead atoms. The number of rotatable bonds is 7. The molecule has 7 heteroatoms. The molecule has 1 aromatic rings. The first-order chi connectivity index (χ1) is 11.7. The van der Waals surface area contributed by atoms with Crippen LogP contribution in [0.4, 0.5) is 4.39 Å². The average Bonchev–Trinajstić information content (AvgIpc) is 2.48. The summed E-state index contributed by atoms with van der Waals surface area (Å²) in [7, 11) is -0.553. The maximum Gasteiger partial charge on any atom is 0.192 e. The monoisotopic (exact) mass is 403 g/mol. The lowest BCUT2D eigenvalue weighted by Crippen LogP contribution is -2.46. The number of ether oxygens (including phenoxy) is 1. The molecule has 0 aliphatic rings. The van der Waals surface area contributed by atoms with Gasteiger partial charge in [0.1, 0.15) is 4.75 Å². The topological polar surface area (TPSA) is 53.5 Å². The summed E-state index contributed by atoms with van der Waals surface area (Å²) < 4.78 is 40.8. The van der Waals surface area contributed by atoms with Crippen LogP contribution in [0, 0.1) is 5.82 Å². The van der Waals surface area contributed by atoms with Gasteiger partial charge in [-0.25, -0.2) is 4.39 Å². The SMILES string of the molecule is COc1ccc(C(CO[Si](C)(C)C(C)(C)C)N[S+]([O-])C(C)(C)C)cc1F. The van der Waals surface area contributed by atoms with E-state index < -0.39 is 30.2 Å². The Balaban J connectivity index is 3.08. The van der Waals surface area contributed by atoms with Crippen LogP contribution in [0.25, 0.3) is 0 Å². The fourth-order valence-electron chi connectivity index (χ4n) is 1.91. The number of benzene rings is 1. The molecule has 0 aromatic heterocycles. The average molecular weight is 404 g/mol.